The zero-order valence-corrected chi connectivity index (χ0v) is 9.97. The molecule has 0 fully saturated rings. The van der Waals surface area contributed by atoms with E-state index in [-0.39, 0.29) is 5.91 Å². The Hall–Kier alpha value is -1.65. The number of halogens is 2. The van der Waals surface area contributed by atoms with Gasteiger partial charge in [-0.05, 0) is 20.8 Å². The molecular weight excluding hydrogens is 226 g/mol. The lowest BCUT2D eigenvalue weighted by Crippen LogP contribution is -2.53. The molecule has 92 valence electrons. The molecule has 0 aromatic heterocycles. The Balaban J connectivity index is 2.60. The Kier molecular flexibility index (Phi) is 2.56. The van der Waals surface area contributed by atoms with Gasteiger partial charge >= 0.3 is 0 Å². The van der Waals surface area contributed by atoms with Gasteiger partial charge in [-0.15, -0.1) is 0 Å². The second kappa shape index (κ2) is 3.68. The second-order valence-electron chi connectivity index (χ2n) is 4.58. The van der Waals surface area contributed by atoms with Gasteiger partial charge < -0.3 is 10.2 Å². The van der Waals surface area contributed by atoms with Crippen LogP contribution in [-0.2, 0) is 4.79 Å². The van der Waals surface area contributed by atoms with E-state index in [2.05, 4.69) is 5.32 Å². The first-order valence-electron chi connectivity index (χ1n) is 5.46. The molecule has 0 bridgehead atoms. The fourth-order valence-corrected chi connectivity index (χ4v) is 2.01. The molecular formula is C12H14F2N2O. The summed E-state index contributed by atoms with van der Waals surface area (Å²) in [4.78, 5) is 13.5. The van der Waals surface area contributed by atoms with Gasteiger partial charge in [0.25, 0.3) is 5.91 Å². The van der Waals surface area contributed by atoms with Crippen molar-refractivity contribution in [3.8, 4) is 0 Å². The van der Waals surface area contributed by atoms with E-state index < -0.39 is 17.2 Å². The fourth-order valence-electron chi connectivity index (χ4n) is 2.01. The number of rotatable bonds is 1. The number of likely N-dealkylation sites (N-methyl/N-ethyl adjacent to an activating group) is 1. The molecule has 0 atom stereocenters. The molecule has 5 heteroatoms. The van der Waals surface area contributed by atoms with Crippen LogP contribution in [0.25, 0.3) is 0 Å². The highest BCUT2D eigenvalue weighted by Crippen LogP contribution is 2.36. The molecule has 0 saturated heterocycles. The zero-order chi connectivity index (χ0) is 12.8. The lowest BCUT2D eigenvalue weighted by Gasteiger charge is -2.39. The summed E-state index contributed by atoms with van der Waals surface area (Å²) in [6, 6.07) is 2.13. The summed E-state index contributed by atoms with van der Waals surface area (Å²) in [7, 11) is 0. The van der Waals surface area contributed by atoms with Crippen molar-refractivity contribution < 1.29 is 13.6 Å². The average Bonchev–Trinajstić information content (AvgIpc) is 2.23. The number of fused-ring (bicyclic) bond motifs is 1. The molecule has 1 aromatic carbocycles. The van der Waals surface area contributed by atoms with Gasteiger partial charge in [-0.2, -0.15) is 0 Å². The van der Waals surface area contributed by atoms with Crippen molar-refractivity contribution in [1.29, 1.82) is 0 Å². The van der Waals surface area contributed by atoms with Gasteiger partial charge in [0.1, 0.15) is 5.54 Å². The van der Waals surface area contributed by atoms with Crippen LogP contribution in [-0.4, -0.2) is 18.0 Å². The molecule has 0 unspecified atom stereocenters. The van der Waals surface area contributed by atoms with Crippen LogP contribution in [0.2, 0.25) is 0 Å². The number of amides is 1. The number of carbonyl (C=O) groups excluding carboxylic acids is 1. The van der Waals surface area contributed by atoms with Gasteiger partial charge in [-0.3, -0.25) is 4.79 Å². The molecule has 1 aromatic rings. The highest BCUT2D eigenvalue weighted by molar-refractivity contribution is 6.07. The molecule has 1 heterocycles. The minimum atomic E-state index is -0.948. The number of nitrogens with one attached hydrogen (secondary N) is 1. The summed E-state index contributed by atoms with van der Waals surface area (Å²) < 4.78 is 26.4. The first kappa shape index (κ1) is 11.8. The van der Waals surface area contributed by atoms with Crippen LogP contribution in [0, 0.1) is 11.6 Å². The van der Waals surface area contributed by atoms with Crippen LogP contribution in [0.15, 0.2) is 12.1 Å². The smallest absolute Gasteiger partial charge is 0.252 e. The van der Waals surface area contributed by atoms with Crippen LogP contribution >= 0.6 is 0 Å². The van der Waals surface area contributed by atoms with Gasteiger partial charge in [0.05, 0.1) is 11.4 Å². The van der Waals surface area contributed by atoms with E-state index in [0.717, 1.165) is 12.1 Å². The number of anilines is 2. The number of benzene rings is 1. The molecule has 1 amide bonds. The minimum Gasteiger partial charge on any atom is -0.370 e. The van der Waals surface area contributed by atoms with Gasteiger partial charge in [0.2, 0.25) is 0 Å². The minimum absolute atomic E-state index is 0.154. The van der Waals surface area contributed by atoms with E-state index in [1.165, 1.54) is 4.90 Å². The molecule has 2 rings (SSSR count). The van der Waals surface area contributed by atoms with E-state index in [1.54, 1.807) is 20.8 Å². The fraction of sp³-hybridized carbons (Fsp3) is 0.417. The summed E-state index contributed by atoms with van der Waals surface area (Å²) in [5.41, 5.74) is 0.0128. The van der Waals surface area contributed by atoms with E-state index >= 15 is 0 Å². The molecule has 1 aliphatic heterocycles. The van der Waals surface area contributed by atoms with Gasteiger partial charge in [0, 0.05) is 18.7 Å². The number of hydrogen-bond donors (Lipinski definition) is 1. The van der Waals surface area contributed by atoms with Crippen molar-refractivity contribution in [1.82, 2.24) is 0 Å². The normalized spacial score (nSPS) is 17.7. The SMILES string of the molecule is CCN1C(=O)C(C)(C)Nc2cc(F)c(F)cc21. The van der Waals surface area contributed by atoms with Crippen molar-refractivity contribution in [2.45, 2.75) is 26.3 Å². The Morgan fingerprint density at radius 3 is 2.47 bits per heavy atom. The predicted molar refractivity (Wildman–Crippen MR) is 62.1 cm³/mol. The summed E-state index contributed by atoms with van der Waals surface area (Å²) in [5.74, 6) is -2.02. The maximum Gasteiger partial charge on any atom is 0.252 e. The Morgan fingerprint density at radius 1 is 1.29 bits per heavy atom. The third kappa shape index (κ3) is 1.75. The summed E-state index contributed by atoms with van der Waals surface area (Å²) in [5, 5.41) is 2.92. The van der Waals surface area contributed by atoms with Crippen molar-refractivity contribution >= 4 is 17.3 Å². The number of carbonyl (C=O) groups is 1. The van der Waals surface area contributed by atoms with Crippen LogP contribution < -0.4 is 10.2 Å². The standard InChI is InChI=1S/C12H14F2N2O/c1-4-16-10-6-8(14)7(13)5-9(10)15-12(2,3)11(16)17/h5-6,15H,4H2,1-3H3. The second-order valence-corrected chi connectivity index (χ2v) is 4.58. The highest BCUT2D eigenvalue weighted by atomic mass is 19.2. The van der Waals surface area contributed by atoms with Crippen molar-refractivity contribution in [2.75, 3.05) is 16.8 Å². The van der Waals surface area contributed by atoms with E-state index in [0.29, 0.717) is 17.9 Å². The summed E-state index contributed by atoms with van der Waals surface area (Å²) in [6.07, 6.45) is 0. The van der Waals surface area contributed by atoms with Crippen LogP contribution in [0.4, 0.5) is 20.2 Å². The molecule has 17 heavy (non-hydrogen) atoms. The van der Waals surface area contributed by atoms with Gasteiger partial charge in [0.15, 0.2) is 11.6 Å². The summed E-state index contributed by atoms with van der Waals surface area (Å²) in [6.45, 7) is 5.64. The third-order valence-corrected chi connectivity index (χ3v) is 2.87. The first-order valence-corrected chi connectivity index (χ1v) is 5.46. The third-order valence-electron chi connectivity index (χ3n) is 2.87. The Bertz CT molecular complexity index is 486. The molecule has 1 N–H and O–H groups in total. The molecule has 3 nitrogen and oxygen atoms in total. The molecule has 0 aliphatic carbocycles. The molecule has 0 saturated carbocycles. The average molecular weight is 240 g/mol. The van der Waals surface area contributed by atoms with E-state index in [4.69, 9.17) is 0 Å². The monoisotopic (exact) mass is 240 g/mol. The molecule has 1 aliphatic rings. The van der Waals surface area contributed by atoms with Gasteiger partial charge in [-0.25, -0.2) is 8.78 Å². The van der Waals surface area contributed by atoms with Crippen LogP contribution in [0.5, 0.6) is 0 Å². The Morgan fingerprint density at radius 2 is 1.88 bits per heavy atom. The maximum absolute atomic E-state index is 13.2. The van der Waals surface area contributed by atoms with E-state index in [9.17, 15) is 13.6 Å². The molecule has 0 spiro atoms. The molecule has 0 radical (unpaired) electrons. The van der Waals surface area contributed by atoms with Crippen LogP contribution in [0.3, 0.4) is 0 Å². The van der Waals surface area contributed by atoms with Crippen molar-refractivity contribution in [3.05, 3.63) is 23.8 Å². The van der Waals surface area contributed by atoms with Gasteiger partial charge in [-0.1, -0.05) is 0 Å². The largest absolute Gasteiger partial charge is 0.370 e. The number of nitrogens with zero attached hydrogens (tertiary/aromatic N) is 1. The maximum atomic E-state index is 13.2. The zero-order valence-electron chi connectivity index (χ0n) is 9.97. The lowest BCUT2D eigenvalue weighted by atomic mass is 9.98. The Labute approximate surface area is 98.4 Å². The first-order chi connectivity index (χ1) is 7.86. The van der Waals surface area contributed by atoms with Crippen LogP contribution in [0.1, 0.15) is 20.8 Å². The lowest BCUT2D eigenvalue weighted by molar-refractivity contribution is -0.122. The number of hydrogen-bond acceptors (Lipinski definition) is 2. The summed E-state index contributed by atoms with van der Waals surface area (Å²) >= 11 is 0. The van der Waals surface area contributed by atoms with E-state index in [1.807, 2.05) is 0 Å². The topological polar surface area (TPSA) is 32.3 Å². The predicted octanol–water partition coefficient (Wildman–Crippen LogP) is 2.52. The quantitative estimate of drug-likeness (QED) is 0.818. The van der Waals surface area contributed by atoms with Crippen molar-refractivity contribution in [3.63, 3.8) is 0 Å². The highest BCUT2D eigenvalue weighted by Gasteiger charge is 2.38. The van der Waals surface area contributed by atoms with Crippen molar-refractivity contribution in [2.24, 2.45) is 0 Å².